The van der Waals surface area contributed by atoms with E-state index in [0.717, 1.165) is 24.1 Å². The zero-order valence-corrected chi connectivity index (χ0v) is 17.1. The third-order valence-electron chi connectivity index (χ3n) is 7.06. The number of aromatic amines is 1. The lowest BCUT2D eigenvalue weighted by Gasteiger charge is -2.41. The van der Waals surface area contributed by atoms with Gasteiger partial charge >= 0.3 is 11.7 Å². The Morgan fingerprint density at radius 3 is 2.71 bits per heavy atom. The molecule has 3 atom stereocenters. The second-order valence-electron chi connectivity index (χ2n) is 9.33. The summed E-state index contributed by atoms with van der Waals surface area (Å²) in [5.74, 6) is 1.08. The van der Waals surface area contributed by atoms with Crippen LogP contribution >= 0.6 is 0 Å². The van der Waals surface area contributed by atoms with Crippen LogP contribution in [0, 0.1) is 23.7 Å². The monoisotopic (exact) mass is 383 g/mol. The van der Waals surface area contributed by atoms with E-state index in [1.165, 1.54) is 6.42 Å². The molecule has 0 saturated heterocycles. The summed E-state index contributed by atoms with van der Waals surface area (Å²) in [5, 5.41) is 6.45. The number of aryl methyl sites for hydroxylation is 2. The Balaban J connectivity index is 1.48. The van der Waals surface area contributed by atoms with Gasteiger partial charge in [-0.3, -0.25) is 4.79 Å². The van der Waals surface area contributed by atoms with Gasteiger partial charge in [-0.15, -0.1) is 0 Å². The molecule has 2 aromatic rings. The Morgan fingerprint density at radius 2 is 2.07 bits per heavy atom. The minimum absolute atomic E-state index is 0.0137. The van der Waals surface area contributed by atoms with Crippen LogP contribution in [0.4, 0.5) is 0 Å². The van der Waals surface area contributed by atoms with E-state index in [2.05, 4.69) is 31.0 Å². The van der Waals surface area contributed by atoms with E-state index in [9.17, 15) is 9.59 Å². The molecule has 2 bridgehead atoms. The fourth-order valence-electron chi connectivity index (χ4n) is 5.58. The van der Waals surface area contributed by atoms with Gasteiger partial charge in [-0.25, -0.2) is 14.5 Å². The number of nitrogens with one attached hydrogen (secondary N) is 1. The molecule has 0 radical (unpaired) electrons. The molecule has 6 heteroatoms. The van der Waals surface area contributed by atoms with E-state index >= 15 is 0 Å². The molecular formula is C22H29N3O3. The summed E-state index contributed by atoms with van der Waals surface area (Å²) >= 11 is 0. The second-order valence-corrected chi connectivity index (χ2v) is 9.33. The number of aromatic nitrogens is 3. The van der Waals surface area contributed by atoms with Crippen molar-refractivity contribution in [3.8, 4) is 5.69 Å². The van der Waals surface area contributed by atoms with Gasteiger partial charge in [-0.2, -0.15) is 5.10 Å². The van der Waals surface area contributed by atoms with Crippen LogP contribution in [0.1, 0.15) is 57.8 Å². The van der Waals surface area contributed by atoms with Crippen molar-refractivity contribution >= 4 is 5.97 Å². The van der Waals surface area contributed by atoms with Crippen molar-refractivity contribution in [1.82, 2.24) is 14.8 Å². The van der Waals surface area contributed by atoms with Crippen molar-refractivity contribution < 1.29 is 9.53 Å². The van der Waals surface area contributed by atoms with Crippen LogP contribution in [0.5, 0.6) is 0 Å². The number of H-pyrrole nitrogens is 1. The molecule has 6 nitrogen and oxygen atoms in total. The number of hydrogen-bond donors (Lipinski definition) is 1. The number of fused-ring (bicyclic) bond motifs is 2. The first-order valence-electron chi connectivity index (χ1n) is 10.1. The first-order valence-corrected chi connectivity index (χ1v) is 10.1. The van der Waals surface area contributed by atoms with Gasteiger partial charge in [0, 0.05) is 17.3 Å². The summed E-state index contributed by atoms with van der Waals surface area (Å²) in [6.07, 6.45) is 4.35. The van der Waals surface area contributed by atoms with Gasteiger partial charge in [0.1, 0.15) is 11.9 Å². The number of esters is 1. The third-order valence-corrected chi connectivity index (χ3v) is 7.06. The summed E-state index contributed by atoms with van der Waals surface area (Å²) in [6, 6.07) is 7.63. The summed E-state index contributed by atoms with van der Waals surface area (Å²) in [5.41, 5.74) is 1.58. The van der Waals surface area contributed by atoms with Gasteiger partial charge in [0.2, 0.25) is 0 Å². The number of nitrogens with zero attached hydrogens (tertiary/aromatic N) is 2. The van der Waals surface area contributed by atoms with Crippen LogP contribution in [0.2, 0.25) is 0 Å². The maximum atomic E-state index is 12.7. The molecule has 0 aliphatic heterocycles. The number of carbonyl (C=O) groups is 1. The fraction of sp³-hybridized carbons (Fsp3) is 0.591. The molecule has 1 heterocycles. The first kappa shape index (κ1) is 19.0. The van der Waals surface area contributed by atoms with Crippen molar-refractivity contribution in [2.24, 2.45) is 16.7 Å². The van der Waals surface area contributed by atoms with Crippen LogP contribution in [0.15, 0.2) is 29.1 Å². The van der Waals surface area contributed by atoms with Gasteiger partial charge in [0.15, 0.2) is 0 Å². The van der Waals surface area contributed by atoms with Gasteiger partial charge in [0.05, 0.1) is 5.69 Å². The molecule has 150 valence electrons. The molecule has 1 aromatic carbocycles. The third kappa shape index (κ3) is 2.99. The summed E-state index contributed by atoms with van der Waals surface area (Å²) < 4.78 is 7.58. The predicted molar refractivity (Wildman–Crippen MR) is 106 cm³/mol. The minimum Gasteiger partial charge on any atom is -0.461 e. The zero-order valence-electron chi connectivity index (χ0n) is 17.1. The molecule has 1 N–H and O–H groups in total. The molecule has 2 aliphatic rings. The predicted octanol–water partition coefficient (Wildman–Crippen LogP) is 3.56. The number of rotatable bonds is 5. The highest BCUT2D eigenvalue weighted by atomic mass is 16.5. The molecule has 1 aromatic heterocycles. The van der Waals surface area contributed by atoms with Gasteiger partial charge < -0.3 is 4.74 Å². The summed E-state index contributed by atoms with van der Waals surface area (Å²) in [4.78, 5) is 24.8. The highest BCUT2D eigenvalue weighted by molar-refractivity contribution is 5.70. The summed E-state index contributed by atoms with van der Waals surface area (Å²) in [6.45, 7) is 8.52. The van der Waals surface area contributed by atoms with Gasteiger partial charge in [-0.05, 0) is 50.2 Å². The van der Waals surface area contributed by atoms with Crippen LogP contribution in [0.25, 0.3) is 5.69 Å². The van der Waals surface area contributed by atoms with Crippen LogP contribution in [-0.4, -0.2) is 26.8 Å². The Morgan fingerprint density at radius 1 is 1.32 bits per heavy atom. The fourth-order valence-corrected chi connectivity index (χ4v) is 5.58. The highest BCUT2D eigenvalue weighted by Gasteiger charge is 2.61. The number of para-hydroxylation sites is 1. The average Bonchev–Trinajstić information content (AvgIpc) is 3.26. The zero-order chi connectivity index (χ0) is 20.1. The van der Waals surface area contributed by atoms with Crippen molar-refractivity contribution in [2.75, 3.05) is 0 Å². The number of ether oxygens (including phenoxy) is 1. The Kier molecular flexibility index (Phi) is 4.47. The lowest BCUT2D eigenvalue weighted by atomic mass is 9.70. The molecule has 0 amide bonds. The molecule has 0 spiro atoms. The van der Waals surface area contributed by atoms with E-state index in [1.54, 1.807) is 11.5 Å². The standard InChI is InChI=1S/C22H29N3O3/c1-14-23-24-20(27)25(14)17-8-6-5-7-15(17)9-10-18(26)28-19-21(2,3)16-11-12-22(19,4)13-16/h5-8,16,19H,9-13H2,1-4H3,(H,24,27). The van der Waals surface area contributed by atoms with E-state index in [4.69, 9.17) is 4.74 Å². The molecular weight excluding hydrogens is 354 g/mol. The Hall–Kier alpha value is -2.37. The Labute approximate surface area is 165 Å². The number of hydrogen-bond acceptors (Lipinski definition) is 4. The topological polar surface area (TPSA) is 77.0 Å². The molecule has 3 unspecified atom stereocenters. The SMILES string of the molecule is Cc1n[nH]c(=O)n1-c1ccccc1CCC(=O)OC1C2(C)CCC(C2)C1(C)C. The van der Waals surface area contributed by atoms with Crippen molar-refractivity contribution in [3.05, 3.63) is 46.1 Å². The van der Waals surface area contributed by atoms with Crippen molar-refractivity contribution in [3.63, 3.8) is 0 Å². The largest absolute Gasteiger partial charge is 0.461 e. The summed E-state index contributed by atoms with van der Waals surface area (Å²) in [7, 11) is 0. The highest BCUT2D eigenvalue weighted by Crippen LogP contribution is 2.63. The maximum absolute atomic E-state index is 12.7. The minimum atomic E-state index is -0.274. The van der Waals surface area contributed by atoms with Crippen LogP contribution < -0.4 is 5.69 Å². The average molecular weight is 383 g/mol. The number of benzene rings is 1. The first-order chi connectivity index (χ1) is 13.2. The Bertz CT molecular complexity index is 953. The van der Waals surface area contributed by atoms with Gasteiger partial charge in [-0.1, -0.05) is 39.0 Å². The smallest absolute Gasteiger partial charge is 0.347 e. The lowest BCUT2D eigenvalue weighted by molar-refractivity contribution is -0.164. The quantitative estimate of drug-likeness (QED) is 0.801. The normalized spacial score (nSPS) is 27.9. The molecule has 4 rings (SSSR count). The van der Waals surface area contributed by atoms with E-state index in [1.807, 2.05) is 24.3 Å². The van der Waals surface area contributed by atoms with Crippen molar-refractivity contribution in [2.45, 2.75) is 65.9 Å². The molecule has 2 fully saturated rings. The molecule has 2 saturated carbocycles. The van der Waals surface area contributed by atoms with Gasteiger partial charge in [0.25, 0.3) is 0 Å². The van der Waals surface area contributed by atoms with E-state index in [0.29, 0.717) is 24.6 Å². The molecule has 28 heavy (non-hydrogen) atoms. The van der Waals surface area contributed by atoms with Crippen LogP contribution in [0.3, 0.4) is 0 Å². The molecule has 2 aliphatic carbocycles. The van der Waals surface area contributed by atoms with E-state index in [-0.39, 0.29) is 28.6 Å². The second kappa shape index (κ2) is 6.61. The maximum Gasteiger partial charge on any atom is 0.347 e. The van der Waals surface area contributed by atoms with Crippen LogP contribution in [-0.2, 0) is 16.0 Å². The van der Waals surface area contributed by atoms with Crippen molar-refractivity contribution in [1.29, 1.82) is 0 Å². The lowest BCUT2D eigenvalue weighted by Crippen LogP contribution is -2.43. The number of carbonyl (C=O) groups excluding carboxylic acids is 1. The van der Waals surface area contributed by atoms with E-state index < -0.39 is 0 Å².